The topological polar surface area (TPSA) is 102 Å². The van der Waals surface area contributed by atoms with Gasteiger partial charge in [-0.1, -0.05) is 116 Å². The van der Waals surface area contributed by atoms with Crippen molar-refractivity contribution in [2.75, 3.05) is 65.9 Å². The van der Waals surface area contributed by atoms with Gasteiger partial charge in [-0.15, -0.1) is 0 Å². The zero-order chi connectivity index (χ0) is 44.5. The van der Waals surface area contributed by atoms with E-state index in [1.54, 1.807) is 0 Å². The number of esters is 2. The molecule has 11 heteroatoms. The molecule has 0 bridgehead atoms. The summed E-state index contributed by atoms with van der Waals surface area (Å²) in [6.45, 7) is 17.7. The van der Waals surface area contributed by atoms with Crippen LogP contribution >= 0.6 is 8.60 Å². The fourth-order valence-corrected chi connectivity index (χ4v) is 7.69. The second-order valence-corrected chi connectivity index (χ2v) is 17.3. The molecule has 0 atom stereocenters. The van der Waals surface area contributed by atoms with Crippen LogP contribution in [0.4, 0.5) is 0 Å². The highest BCUT2D eigenvalue weighted by Gasteiger charge is 2.14. The summed E-state index contributed by atoms with van der Waals surface area (Å²) in [6, 6.07) is 0. The lowest BCUT2D eigenvalue weighted by Gasteiger charge is -2.23. The molecule has 0 spiro atoms. The van der Waals surface area contributed by atoms with Gasteiger partial charge in [0.15, 0.2) is 6.29 Å². The first kappa shape index (κ1) is 59.6. The van der Waals surface area contributed by atoms with Crippen LogP contribution in [0, 0.1) is 0 Å². The third-order valence-corrected chi connectivity index (χ3v) is 11.6. The fraction of sp³-hybridized carbons (Fsp3) is 0.880. The number of nitrogens with zero attached hydrogens (tertiary/aromatic N) is 1. The minimum Gasteiger partial charge on any atom is -0.466 e. The number of carbonyl (C=O) groups excluding carboxylic acids is 2. The van der Waals surface area contributed by atoms with Crippen LogP contribution in [0.5, 0.6) is 0 Å². The van der Waals surface area contributed by atoms with E-state index in [1.807, 2.05) is 13.8 Å². The average Bonchev–Trinajstić information content (AvgIpc) is 3.25. The van der Waals surface area contributed by atoms with Gasteiger partial charge in [-0.05, 0) is 117 Å². The molecule has 0 radical (unpaired) electrons. The number of rotatable bonds is 49. The molecule has 0 amide bonds. The first-order valence-electron chi connectivity index (χ1n) is 25.3. The molecule has 0 saturated carbocycles. The summed E-state index contributed by atoms with van der Waals surface area (Å²) < 4.78 is 40.3. The Bertz CT molecular complexity index is 955. The molecular weight excluding hydrogens is 790 g/mol. The van der Waals surface area contributed by atoms with Gasteiger partial charge in [-0.2, -0.15) is 0 Å². The Balaban J connectivity index is 4.47. The van der Waals surface area contributed by atoms with Crippen molar-refractivity contribution < 1.29 is 42.1 Å². The number of unbranched alkanes of at least 4 members (excludes halogenated alkanes) is 17. The molecule has 10 nitrogen and oxygen atoms in total. The first-order valence-corrected chi connectivity index (χ1v) is 26.4. The van der Waals surface area contributed by atoms with Gasteiger partial charge in [0.25, 0.3) is 0 Å². The highest BCUT2D eigenvalue weighted by atomic mass is 31.2. The Kier molecular flexibility index (Phi) is 48.5. The molecule has 0 aliphatic rings. The summed E-state index contributed by atoms with van der Waals surface area (Å²) >= 11 is 0. The van der Waals surface area contributed by atoms with Crippen LogP contribution in [0.1, 0.15) is 214 Å². The molecule has 0 aliphatic heterocycles. The Morgan fingerprint density at radius 2 is 0.918 bits per heavy atom. The van der Waals surface area contributed by atoms with E-state index < -0.39 is 8.60 Å². The van der Waals surface area contributed by atoms with Crippen LogP contribution in [0.2, 0.25) is 0 Å². The minimum absolute atomic E-state index is 0.0381. The SMILES string of the molecule is CC/C=C\CCCCOC(CCC(=O)OCCCCCCN(CCCCCCCC(=O)OCCCCCCCCC)CCCOP(OCC)OCC)OCCCC/C=C\CC. The molecule has 0 unspecified atom stereocenters. The number of allylic oxidation sites excluding steroid dienone is 4. The highest BCUT2D eigenvalue weighted by Crippen LogP contribution is 2.39. The first-order chi connectivity index (χ1) is 30.0. The van der Waals surface area contributed by atoms with Crippen molar-refractivity contribution in [1.82, 2.24) is 4.90 Å². The zero-order valence-electron chi connectivity index (χ0n) is 40.3. The third-order valence-electron chi connectivity index (χ3n) is 10.3. The molecule has 0 aliphatic carbocycles. The minimum atomic E-state index is -1.27. The molecule has 0 N–H and O–H groups in total. The maximum Gasteiger partial charge on any atom is 0.332 e. The van der Waals surface area contributed by atoms with E-state index >= 15 is 0 Å². The van der Waals surface area contributed by atoms with Crippen molar-refractivity contribution >= 4 is 20.5 Å². The quantitative estimate of drug-likeness (QED) is 0.0193. The van der Waals surface area contributed by atoms with E-state index in [9.17, 15) is 9.59 Å². The summed E-state index contributed by atoms with van der Waals surface area (Å²) in [7, 11) is -1.27. The monoisotopic (exact) mass is 886 g/mol. The standard InChI is InChI=1S/C50H96NO9P/c1-6-11-14-17-20-27-32-43-54-48(52)37-29-22-21-23-30-40-51(42-36-47-60-61(58-9-4)59-10-5)41-31-24-28-33-44-55-49(53)38-39-50(56-45-34-25-18-15-12-7-2)57-46-35-26-19-16-13-8-3/h12-13,15-16,50H,6-11,14,17-47H2,1-5H3/b15-12-,16-13-. The average molecular weight is 886 g/mol. The van der Waals surface area contributed by atoms with Crippen molar-refractivity contribution in [2.24, 2.45) is 0 Å². The van der Waals surface area contributed by atoms with Gasteiger partial charge >= 0.3 is 20.5 Å². The van der Waals surface area contributed by atoms with E-state index in [2.05, 4.69) is 50.0 Å². The van der Waals surface area contributed by atoms with Gasteiger partial charge in [0, 0.05) is 32.6 Å². The normalized spacial score (nSPS) is 12.0. The van der Waals surface area contributed by atoms with E-state index in [4.69, 9.17) is 32.5 Å². The maximum atomic E-state index is 12.6. The van der Waals surface area contributed by atoms with Crippen LogP contribution in [-0.4, -0.2) is 89.0 Å². The molecule has 0 aromatic rings. The predicted molar refractivity (Wildman–Crippen MR) is 255 cm³/mol. The van der Waals surface area contributed by atoms with Crippen LogP contribution in [-0.2, 0) is 42.1 Å². The largest absolute Gasteiger partial charge is 0.466 e. The smallest absolute Gasteiger partial charge is 0.332 e. The van der Waals surface area contributed by atoms with E-state index in [1.165, 1.54) is 32.1 Å². The Morgan fingerprint density at radius 3 is 1.44 bits per heavy atom. The van der Waals surface area contributed by atoms with Gasteiger partial charge in [0.05, 0.1) is 39.5 Å². The summed E-state index contributed by atoms with van der Waals surface area (Å²) in [6.07, 6.45) is 37.4. The summed E-state index contributed by atoms with van der Waals surface area (Å²) in [5, 5.41) is 0. The number of hydrogen-bond donors (Lipinski definition) is 0. The van der Waals surface area contributed by atoms with Gasteiger partial charge in [0.2, 0.25) is 0 Å². The van der Waals surface area contributed by atoms with Crippen molar-refractivity contribution in [1.29, 1.82) is 0 Å². The molecule has 0 heterocycles. The molecule has 0 saturated heterocycles. The Morgan fingerprint density at radius 1 is 0.459 bits per heavy atom. The van der Waals surface area contributed by atoms with Crippen molar-refractivity contribution in [3.63, 3.8) is 0 Å². The van der Waals surface area contributed by atoms with Gasteiger partial charge in [-0.25, -0.2) is 0 Å². The lowest BCUT2D eigenvalue weighted by Crippen LogP contribution is -2.28. The van der Waals surface area contributed by atoms with Gasteiger partial charge in [0.1, 0.15) is 0 Å². The molecule has 360 valence electrons. The van der Waals surface area contributed by atoms with Crippen molar-refractivity contribution in [3.8, 4) is 0 Å². The van der Waals surface area contributed by atoms with Gasteiger partial charge < -0.3 is 37.4 Å². The number of carbonyl (C=O) groups is 2. The zero-order valence-corrected chi connectivity index (χ0v) is 41.2. The Hall–Kier alpha value is -1.39. The van der Waals surface area contributed by atoms with Crippen LogP contribution in [0.15, 0.2) is 24.3 Å². The number of ether oxygens (including phenoxy) is 4. The van der Waals surface area contributed by atoms with Crippen LogP contribution in [0.25, 0.3) is 0 Å². The lowest BCUT2D eigenvalue weighted by atomic mass is 10.1. The molecule has 0 aromatic heterocycles. The fourth-order valence-electron chi connectivity index (χ4n) is 6.76. The van der Waals surface area contributed by atoms with E-state index in [0.29, 0.717) is 65.5 Å². The third kappa shape index (κ3) is 45.0. The summed E-state index contributed by atoms with van der Waals surface area (Å²) in [5.41, 5.74) is 0. The second kappa shape index (κ2) is 49.6. The van der Waals surface area contributed by atoms with E-state index in [0.717, 1.165) is 148 Å². The van der Waals surface area contributed by atoms with Crippen LogP contribution in [0.3, 0.4) is 0 Å². The molecule has 0 fully saturated rings. The molecular formula is C50H96NO9P. The second-order valence-electron chi connectivity index (χ2n) is 16.0. The lowest BCUT2D eigenvalue weighted by molar-refractivity contribution is -0.159. The van der Waals surface area contributed by atoms with E-state index in [-0.39, 0.29) is 18.2 Å². The summed E-state index contributed by atoms with van der Waals surface area (Å²) in [4.78, 5) is 27.3. The van der Waals surface area contributed by atoms with Gasteiger partial charge in [-0.3, -0.25) is 9.59 Å². The molecule has 0 rings (SSSR count). The van der Waals surface area contributed by atoms with Crippen LogP contribution < -0.4 is 0 Å². The highest BCUT2D eigenvalue weighted by molar-refractivity contribution is 7.41. The Labute approximate surface area is 377 Å². The van der Waals surface area contributed by atoms with Crippen molar-refractivity contribution in [2.45, 2.75) is 221 Å². The van der Waals surface area contributed by atoms with Crippen molar-refractivity contribution in [3.05, 3.63) is 24.3 Å². The number of hydrogen-bond acceptors (Lipinski definition) is 10. The summed E-state index contributed by atoms with van der Waals surface area (Å²) in [5.74, 6) is -0.208. The molecule has 61 heavy (non-hydrogen) atoms. The predicted octanol–water partition coefficient (Wildman–Crippen LogP) is 14.1. The molecule has 0 aromatic carbocycles. The maximum absolute atomic E-state index is 12.6.